The summed E-state index contributed by atoms with van der Waals surface area (Å²) >= 11 is 5.50. The Morgan fingerprint density at radius 1 is 1.12 bits per heavy atom. The van der Waals surface area contributed by atoms with Gasteiger partial charge in [0.05, 0.1) is 5.56 Å². The van der Waals surface area contributed by atoms with E-state index >= 15 is 0 Å². The maximum Gasteiger partial charge on any atom is 0.491 e. The molecule has 0 fully saturated rings. The molecule has 1 rings (SSSR count). The molecule has 0 aliphatic heterocycles. The van der Waals surface area contributed by atoms with Gasteiger partial charge in [0.1, 0.15) is 0 Å². The van der Waals surface area contributed by atoms with Gasteiger partial charge in [-0.2, -0.15) is 13.2 Å². The largest absolute Gasteiger partial charge is 0.491 e. The standard InChI is InChI=1S/C9H4ClF3O3/c10-6-3-1-5(2-4-6)7(14)16-8(15)9(11,12)13/h1-4H. The second kappa shape index (κ2) is 4.52. The van der Waals surface area contributed by atoms with E-state index in [-0.39, 0.29) is 5.56 Å². The Bertz CT molecular complexity index is 411. The Hall–Kier alpha value is -1.56. The van der Waals surface area contributed by atoms with Crippen LogP contribution in [-0.4, -0.2) is 18.1 Å². The number of esters is 2. The third kappa shape index (κ3) is 3.23. The molecule has 0 unspecified atom stereocenters. The smallest absolute Gasteiger partial charge is 0.383 e. The summed E-state index contributed by atoms with van der Waals surface area (Å²) in [7, 11) is 0. The molecule has 86 valence electrons. The van der Waals surface area contributed by atoms with E-state index in [2.05, 4.69) is 4.74 Å². The molecule has 0 aromatic heterocycles. The zero-order valence-corrected chi connectivity index (χ0v) is 8.30. The van der Waals surface area contributed by atoms with Crippen molar-refractivity contribution in [2.75, 3.05) is 0 Å². The van der Waals surface area contributed by atoms with Crippen molar-refractivity contribution < 1.29 is 27.5 Å². The van der Waals surface area contributed by atoms with E-state index in [9.17, 15) is 22.8 Å². The molecule has 7 heteroatoms. The predicted octanol–water partition coefficient (Wildman–Crippen LogP) is 2.59. The van der Waals surface area contributed by atoms with Crippen LogP contribution in [-0.2, 0) is 9.53 Å². The van der Waals surface area contributed by atoms with Gasteiger partial charge in [-0.05, 0) is 24.3 Å². The summed E-state index contributed by atoms with van der Waals surface area (Å²) in [5, 5.41) is 0.304. The first-order chi connectivity index (χ1) is 7.30. The van der Waals surface area contributed by atoms with Gasteiger partial charge in [0, 0.05) is 5.02 Å². The highest BCUT2D eigenvalue weighted by Crippen LogP contribution is 2.18. The Labute approximate surface area is 92.8 Å². The molecular formula is C9H4ClF3O3. The molecule has 0 spiro atoms. The average molecular weight is 253 g/mol. The van der Waals surface area contributed by atoms with E-state index in [1.807, 2.05) is 0 Å². The highest BCUT2D eigenvalue weighted by molar-refractivity contribution is 6.30. The minimum atomic E-state index is -5.19. The maximum absolute atomic E-state index is 11.7. The van der Waals surface area contributed by atoms with Crippen molar-refractivity contribution in [2.24, 2.45) is 0 Å². The molecule has 0 amide bonds. The summed E-state index contributed by atoms with van der Waals surface area (Å²) < 4.78 is 38.8. The summed E-state index contributed by atoms with van der Waals surface area (Å²) in [5.74, 6) is -3.92. The lowest BCUT2D eigenvalue weighted by molar-refractivity contribution is -0.193. The zero-order valence-electron chi connectivity index (χ0n) is 7.55. The summed E-state index contributed by atoms with van der Waals surface area (Å²) in [4.78, 5) is 21.3. The maximum atomic E-state index is 11.7. The van der Waals surface area contributed by atoms with Gasteiger partial charge < -0.3 is 4.74 Å². The molecule has 0 atom stereocenters. The zero-order chi connectivity index (χ0) is 12.3. The van der Waals surface area contributed by atoms with Gasteiger partial charge in [-0.1, -0.05) is 11.6 Å². The van der Waals surface area contributed by atoms with Gasteiger partial charge in [-0.25, -0.2) is 9.59 Å². The van der Waals surface area contributed by atoms with Crippen molar-refractivity contribution in [2.45, 2.75) is 6.18 Å². The second-order valence-electron chi connectivity index (χ2n) is 2.68. The molecule has 0 N–H and O–H groups in total. The van der Waals surface area contributed by atoms with E-state index in [4.69, 9.17) is 11.6 Å². The second-order valence-corrected chi connectivity index (χ2v) is 3.12. The predicted molar refractivity (Wildman–Crippen MR) is 47.9 cm³/mol. The van der Waals surface area contributed by atoms with Crippen LogP contribution in [0, 0.1) is 0 Å². The Morgan fingerprint density at radius 3 is 2.06 bits per heavy atom. The lowest BCUT2D eigenvalue weighted by Gasteiger charge is -2.05. The van der Waals surface area contributed by atoms with Gasteiger partial charge >= 0.3 is 18.1 Å². The van der Waals surface area contributed by atoms with Gasteiger partial charge in [0.15, 0.2) is 0 Å². The molecule has 0 aliphatic rings. The van der Waals surface area contributed by atoms with Crippen LogP contribution >= 0.6 is 11.6 Å². The summed E-state index contributed by atoms with van der Waals surface area (Å²) in [6.45, 7) is 0. The number of ether oxygens (including phenoxy) is 1. The number of halogens is 4. The van der Waals surface area contributed by atoms with Crippen LogP contribution in [0.2, 0.25) is 5.02 Å². The minimum Gasteiger partial charge on any atom is -0.383 e. The van der Waals surface area contributed by atoms with E-state index in [1.165, 1.54) is 12.1 Å². The van der Waals surface area contributed by atoms with E-state index < -0.39 is 18.1 Å². The molecule has 1 aromatic carbocycles. The fraction of sp³-hybridized carbons (Fsp3) is 0.111. The van der Waals surface area contributed by atoms with Gasteiger partial charge in [0.25, 0.3) is 0 Å². The van der Waals surface area contributed by atoms with Crippen LogP contribution < -0.4 is 0 Å². The first kappa shape index (κ1) is 12.5. The van der Waals surface area contributed by atoms with Crippen molar-refractivity contribution in [1.82, 2.24) is 0 Å². The molecule has 0 saturated carbocycles. The molecule has 16 heavy (non-hydrogen) atoms. The van der Waals surface area contributed by atoms with Crippen LogP contribution in [0.5, 0.6) is 0 Å². The van der Waals surface area contributed by atoms with Gasteiger partial charge in [0.2, 0.25) is 0 Å². The van der Waals surface area contributed by atoms with Crippen molar-refractivity contribution in [3.63, 3.8) is 0 Å². The van der Waals surface area contributed by atoms with Crippen LogP contribution in [0.15, 0.2) is 24.3 Å². The van der Waals surface area contributed by atoms with Crippen LogP contribution in [0.4, 0.5) is 13.2 Å². The first-order valence-electron chi connectivity index (χ1n) is 3.89. The van der Waals surface area contributed by atoms with Gasteiger partial charge in [-0.3, -0.25) is 0 Å². The normalized spacial score (nSPS) is 11.0. The monoisotopic (exact) mass is 252 g/mol. The molecule has 3 nitrogen and oxygen atoms in total. The Kier molecular flexibility index (Phi) is 3.54. The van der Waals surface area contributed by atoms with Crippen LogP contribution in [0.3, 0.4) is 0 Å². The highest BCUT2D eigenvalue weighted by atomic mass is 35.5. The number of hydrogen-bond acceptors (Lipinski definition) is 3. The molecule has 0 saturated heterocycles. The van der Waals surface area contributed by atoms with Crippen molar-refractivity contribution >= 4 is 23.5 Å². The highest BCUT2D eigenvalue weighted by Gasteiger charge is 2.42. The summed E-state index contributed by atoms with van der Waals surface area (Å²) in [6, 6.07) is 4.87. The number of benzene rings is 1. The third-order valence-corrected chi connectivity index (χ3v) is 1.75. The minimum absolute atomic E-state index is 0.193. The topological polar surface area (TPSA) is 43.4 Å². The number of carbonyl (C=O) groups is 2. The molecule has 0 heterocycles. The quantitative estimate of drug-likeness (QED) is 0.570. The number of alkyl halides is 3. The lowest BCUT2D eigenvalue weighted by Crippen LogP contribution is -2.27. The number of rotatable bonds is 1. The molecular weight excluding hydrogens is 249 g/mol. The Morgan fingerprint density at radius 2 is 1.62 bits per heavy atom. The van der Waals surface area contributed by atoms with E-state index in [0.717, 1.165) is 12.1 Å². The number of hydrogen-bond donors (Lipinski definition) is 0. The van der Waals surface area contributed by atoms with E-state index in [1.54, 1.807) is 0 Å². The third-order valence-electron chi connectivity index (χ3n) is 1.50. The molecule has 0 bridgehead atoms. The summed E-state index contributed by atoms with van der Waals surface area (Å²) in [6.07, 6.45) is -5.19. The fourth-order valence-electron chi connectivity index (χ4n) is 0.787. The van der Waals surface area contributed by atoms with E-state index in [0.29, 0.717) is 5.02 Å². The average Bonchev–Trinajstić information content (AvgIpc) is 2.17. The SMILES string of the molecule is O=C(OC(=O)C(F)(F)F)c1ccc(Cl)cc1. The Balaban J connectivity index is 2.74. The van der Waals surface area contributed by atoms with Crippen molar-refractivity contribution in [1.29, 1.82) is 0 Å². The van der Waals surface area contributed by atoms with Crippen LogP contribution in [0.1, 0.15) is 10.4 Å². The molecule has 0 radical (unpaired) electrons. The summed E-state index contributed by atoms with van der Waals surface area (Å²) in [5.41, 5.74) is -0.193. The molecule has 0 aliphatic carbocycles. The van der Waals surface area contributed by atoms with Crippen LogP contribution in [0.25, 0.3) is 0 Å². The molecule has 1 aromatic rings. The van der Waals surface area contributed by atoms with Gasteiger partial charge in [-0.15, -0.1) is 0 Å². The van der Waals surface area contributed by atoms with Crippen molar-refractivity contribution in [3.05, 3.63) is 34.9 Å². The van der Waals surface area contributed by atoms with Crippen molar-refractivity contribution in [3.8, 4) is 0 Å². The number of carbonyl (C=O) groups excluding carboxylic acids is 2. The first-order valence-corrected chi connectivity index (χ1v) is 4.27. The fourth-order valence-corrected chi connectivity index (χ4v) is 0.913. The lowest BCUT2D eigenvalue weighted by atomic mass is 10.2.